The Morgan fingerprint density at radius 1 is 1.50 bits per heavy atom. The lowest BCUT2D eigenvalue weighted by Crippen LogP contribution is -2.38. The molecule has 0 aliphatic rings. The number of aromatic amines is 1. The summed E-state index contributed by atoms with van der Waals surface area (Å²) >= 11 is 0. The highest BCUT2D eigenvalue weighted by atomic mass is 19.4. The van der Waals surface area contributed by atoms with Crippen LogP contribution in [0.1, 0.15) is 12.5 Å². The Morgan fingerprint density at radius 2 is 2.08 bits per heavy atom. The first kappa shape index (κ1) is 9.05. The lowest BCUT2D eigenvalue weighted by Gasteiger charge is -2.24. The SMILES string of the molecule is C[C@@](O)(c1cn[nH]c1)C(F)(F)F. The zero-order valence-electron chi connectivity index (χ0n) is 6.18. The minimum absolute atomic E-state index is 0.296. The van der Waals surface area contributed by atoms with E-state index in [2.05, 4.69) is 10.2 Å². The molecule has 3 nitrogen and oxygen atoms in total. The molecule has 12 heavy (non-hydrogen) atoms. The molecule has 0 saturated heterocycles. The molecule has 0 bridgehead atoms. The molecule has 1 rings (SSSR count). The molecule has 1 heterocycles. The van der Waals surface area contributed by atoms with Gasteiger partial charge < -0.3 is 5.11 Å². The highest BCUT2D eigenvalue weighted by Crippen LogP contribution is 2.37. The summed E-state index contributed by atoms with van der Waals surface area (Å²) < 4.78 is 36.3. The second kappa shape index (κ2) is 2.48. The van der Waals surface area contributed by atoms with Crippen LogP contribution in [0.4, 0.5) is 13.2 Å². The summed E-state index contributed by atoms with van der Waals surface area (Å²) in [5.74, 6) is 0. The average Bonchev–Trinajstić information content (AvgIpc) is 2.34. The number of alkyl halides is 3. The van der Waals surface area contributed by atoms with Gasteiger partial charge in [-0.3, -0.25) is 5.10 Å². The number of halogens is 3. The van der Waals surface area contributed by atoms with E-state index in [0.29, 0.717) is 6.92 Å². The fraction of sp³-hybridized carbons (Fsp3) is 0.500. The van der Waals surface area contributed by atoms with Crippen LogP contribution in [0, 0.1) is 0 Å². The third kappa shape index (κ3) is 1.29. The predicted octanol–water partition coefficient (Wildman–Crippen LogP) is 1.18. The lowest BCUT2D eigenvalue weighted by molar-refractivity contribution is -0.258. The number of aromatic nitrogens is 2. The Hall–Kier alpha value is -1.04. The van der Waals surface area contributed by atoms with Crippen molar-refractivity contribution in [1.82, 2.24) is 10.2 Å². The van der Waals surface area contributed by atoms with Gasteiger partial charge in [-0.1, -0.05) is 0 Å². The molecular weight excluding hydrogens is 173 g/mol. The Kier molecular flexibility index (Phi) is 1.87. The van der Waals surface area contributed by atoms with Gasteiger partial charge in [0.25, 0.3) is 0 Å². The van der Waals surface area contributed by atoms with Gasteiger partial charge in [0.2, 0.25) is 0 Å². The van der Waals surface area contributed by atoms with Crippen molar-refractivity contribution >= 4 is 0 Å². The zero-order valence-corrected chi connectivity index (χ0v) is 6.18. The van der Waals surface area contributed by atoms with Crippen molar-refractivity contribution < 1.29 is 18.3 Å². The van der Waals surface area contributed by atoms with Gasteiger partial charge >= 0.3 is 6.18 Å². The summed E-state index contributed by atoms with van der Waals surface area (Å²) in [4.78, 5) is 0. The van der Waals surface area contributed by atoms with E-state index in [1.807, 2.05) is 0 Å². The third-order valence-electron chi connectivity index (χ3n) is 1.61. The van der Waals surface area contributed by atoms with E-state index in [4.69, 9.17) is 5.11 Å². The Labute approximate surface area is 66.2 Å². The van der Waals surface area contributed by atoms with Gasteiger partial charge in [0.1, 0.15) is 0 Å². The topological polar surface area (TPSA) is 48.9 Å². The van der Waals surface area contributed by atoms with Crippen LogP contribution < -0.4 is 0 Å². The molecule has 0 amide bonds. The van der Waals surface area contributed by atoms with E-state index in [-0.39, 0.29) is 5.56 Å². The summed E-state index contributed by atoms with van der Waals surface area (Å²) in [6.45, 7) is 0.678. The molecule has 0 aliphatic heterocycles. The molecule has 0 fully saturated rings. The Balaban J connectivity index is 3.02. The summed E-state index contributed by atoms with van der Waals surface area (Å²) in [7, 11) is 0. The molecule has 0 unspecified atom stereocenters. The van der Waals surface area contributed by atoms with E-state index in [9.17, 15) is 13.2 Å². The number of nitrogens with one attached hydrogen (secondary N) is 1. The standard InChI is InChI=1S/C6H7F3N2O/c1-5(12,6(7,8)9)4-2-10-11-3-4/h2-3,12H,1H3,(H,10,11)/t5-/m1/s1. The molecule has 2 N–H and O–H groups in total. The summed E-state index contributed by atoms with van der Waals surface area (Å²) in [5.41, 5.74) is -3.13. The van der Waals surface area contributed by atoms with Crippen molar-refractivity contribution in [2.24, 2.45) is 0 Å². The van der Waals surface area contributed by atoms with Crippen LogP contribution in [0.15, 0.2) is 12.4 Å². The van der Waals surface area contributed by atoms with Gasteiger partial charge in [-0.15, -0.1) is 0 Å². The molecule has 0 saturated carbocycles. The number of hydrogen-bond acceptors (Lipinski definition) is 2. The minimum Gasteiger partial charge on any atom is -0.376 e. The summed E-state index contributed by atoms with van der Waals surface area (Å²) in [5, 5.41) is 14.5. The fourth-order valence-corrected chi connectivity index (χ4v) is 0.681. The van der Waals surface area contributed by atoms with Crippen LogP contribution in [0.3, 0.4) is 0 Å². The average molecular weight is 180 g/mol. The first-order valence-corrected chi connectivity index (χ1v) is 3.14. The predicted molar refractivity (Wildman–Crippen MR) is 34.2 cm³/mol. The van der Waals surface area contributed by atoms with Crippen LogP contribution in [0.2, 0.25) is 0 Å². The minimum atomic E-state index is -4.68. The van der Waals surface area contributed by atoms with E-state index < -0.39 is 11.8 Å². The first-order chi connectivity index (χ1) is 5.36. The van der Waals surface area contributed by atoms with Crippen LogP contribution in [-0.4, -0.2) is 21.5 Å². The maximum absolute atomic E-state index is 12.1. The number of aliphatic hydroxyl groups is 1. The van der Waals surface area contributed by atoms with Gasteiger partial charge in [0, 0.05) is 11.8 Å². The van der Waals surface area contributed by atoms with E-state index in [1.54, 1.807) is 0 Å². The second-order valence-corrected chi connectivity index (χ2v) is 2.56. The van der Waals surface area contributed by atoms with Crippen molar-refractivity contribution in [1.29, 1.82) is 0 Å². The highest BCUT2D eigenvalue weighted by molar-refractivity contribution is 5.15. The third-order valence-corrected chi connectivity index (χ3v) is 1.61. The maximum atomic E-state index is 12.1. The van der Waals surface area contributed by atoms with Crippen molar-refractivity contribution in [2.45, 2.75) is 18.7 Å². The summed E-state index contributed by atoms with van der Waals surface area (Å²) in [6, 6.07) is 0. The fourth-order valence-electron chi connectivity index (χ4n) is 0.681. The zero-order chi connectivity index (χ0) is 9.41. The molecular formula is C6H7F3N2O. The van der Waals surface area contributed by atoms with Crippen LogP contribution in [-0.2, 0) is 5.60 Å². The maximum Gasteiger partial charge on any atom is 0.421 e. The molecule has 68 valence electrons. The highest BCUT2D eigenvalue weighted by Gasteiger charge is 2.51. The molecule has 1 aromatic heterocycles. The van der Waals surface area contributed by atoms with E-state index in [1.165, 1.54) is 0 Å². The van der Waals surface area contributed by atoms with Crippen molar-refractivity contribution in [3.63, 3.8) is 0 Å². The quantitative estimate of drug-likeness (QED) is 0.681. The van der Waals surface area contributed by atoms with Crippen LogP contribution >= 0.6 is 0 Å². The lowest BCUT2D eigenvalue weighted by atomic mass is 9.99. The van der Waals surface area contributed by atoms with Crippen molar-refractivity contribution in [3.05, 3.63) is 18.0 Å². The van der Waals surface area contributed by atoms with Gasteiger partial charge in [0.05, 0.1) is 6.20 Å². The van der Waals surface area contributed by atoms with Crippen LogP contribution in [0.5, 0.6) is 0 Å². The smallest absolute Gasteiger partial charge is 0.376 e. The van der Waals surface area contributed by atoms with Crippen molar-refractivity contribution in [2.75, 3.05) is 0 Å². The molecule has 1 aromatic rings. The van der Waals surface area contributed by atoms with Gasteiger partial charge in [0.15, 0.2) is 5.60 Å². The number of rotatable bonds is 1. The normalized spacial score (nSPS) is 17.4. The Bertz CT molecular complexity index is 252. The number of nitrogens with zero attached hydrogens (tertiary/aromatic N) is 1. The van der Waals surface area contributed by atoms with Gasteiger partial charge in [-0.05, 0) is 6.92 Å². The monoisotopic (exact) mass is 180 g/mol. The van der Waals surface area contributed by atoms with Crippen LogP contribution in [0.25, 0.3) is 0 Å². The van der Waals surface area contributed by atoms with E-state index in [0.717, 1.165) is 12.4 Å². The van der Waals surface area contributed by atoms with Gasteiger partial charge in [-0.25, -0.2) is 0 Å². The molecule has 1 atom stereocenters. The van der Waals surface area contributed by atoms with Gasteiger partial charge in [-0.2, -0.15) is 18.3 Å². The molecule has 0 aliphatic carbocycles. The largest absolute Gasteiger partial charge is 0.421 e. The number of hydrogen-bond donors (Lipinski definition) is 2. The van der Waals surface area contributed by atoms with E-state index >= 15 is 0 Å². The molecule has 0 aromatic carbocycles. The Morgan fingerprint density at radius 3 is 2.42 bits per heavy atom. The molecule has 0 spiro atoms. The molecule has 0 radical (unpaired) electrons. The summed E-state index contributed by atoms with van der Waals surface area (Å²) in [6.07, 6.45) is -2.74. The molecule has 6 heteroatoms. The van der Waals surface area contributed by atoms with Crippen molar-refractivity contribution in [3.8, 4) is 0 Å². The first-order valence-electron chi connectivity index (χ1n) is 3.14. The number of H-pyrrole nitrogens is 1. The second-order valence-electron chi connectivity index (χ2n) is 2.56.